The van der Waals surface area contributed by atoms with Crippen molar-refractivity contribution < 1.29 is 0 Å². The number of rotatable bonds is 1. The smallest absolute Gasteiger partial charge is 0.0701 e. The average molecular weight is 100 g/mol. The first-order chi connectivity index (χ1) is 3.33. The molecular formula is C4H6NO2-. The Labute approximate surface area is 41.9 Å². The van der Waals surface area contributed by atoms with Gasteiger partial charge in [0.05, 0.1) is 0 Å². The molecule has 0 rings (SSSR count). The van der Waals surface area contributed by atoms with Crippen LogP contribution in [0.2, 0.25) is 0 Å². The molecule has 0 unspecified atom stereocenters. The Hall–Kier alpha value is -1.12. The van der Waals surface area contributed by atoms with Crippen LogP contribution >= 0.6 is 0 Å². The highest BCUT2D eigenvalue weighted by atomic mass is 16.6. The lowest BCUT2D eigenvalue weighted by molar-refractivity contribution is 1.59. The van der Waals surface area contributed by atoms with Crippen molar-refractivity contribution in [3.05, 3.63) is 35.4 Å². The van der Waals surface area contributed by atoms with E-state index in [-0.39, 0.29) is 0 Å². The van der Waals surface area contributed by atoms with E-state index in [0.29, 0.717) is 0 Å². The maximum atomic E-state index is 8.00. The van der Waals surface area contributed by atoms with Gasteiger partial charge in [0.2, 0.25) is 0 Å². The van der Waals surface area contributed by atoms with Crippen molar-refractivity contribution in [2.75, 3.05) is 0 Å². The summed E-state index contributed by atoms with van der Waals surface area (Å²) < 4.78 is 0. The van der Waals surface area contributed by atoms with Crippen molar-refractivity contribution in [3.8, 4) is 0 Å². The van der Waals surface area contributed by atoms with Crippen LogP contribution in [0.1, 0.15) is 0 Å². The summed E-state index contributed by atoms with van der Waals surface area (Å²) in [5, 5.41) is 9.00. The molecule has 7 heavy (non-hydrogen) atoms. The molecule has 0 spiro atoms. The van der Waals surface area contributed by atoms with E-state index in [9.17, 15) is 0 Å². The molecule has 0 bridgehead atoms. The van der Waals surface area contributed by atoms with Gasteiger partial charge in [-0.3, -0.25) is 0 Å². The Kier molecular flexibility index (Phi) is 27.6. The molecule has 0 N–H and O–H groups in total. The lowest BCUT2D eigenvalue weighted by Crippen LogP contribution is -1.21. The summed E-state index contributed by atoms with van der Waals surface area (Å²) in [6.07, 6.45) is 3.28. The number of allylic oxidation sites excluding steroid dienone is 2. The van der Waals surface area contributed by atoms with Gasteiger partial charge in [-0.25, -0.2) is 0 Å². The van der Waals surface area contributed by atoms with E-state index in [4.69, 9.17) is 10.1 Å². The molecular weight excluding hydrogens is 94.0 g/mol. The SMILES string of the molecule is C=CC=C.O=N[O-]. The minimum atomic E-state index is 1.00. The van der Waals surface area contributed by atoms with Crippen molar-refractivity contribution in [2.24, 2.45) is 5.34 Å². The second-order valence-electron chi connectivity index (χ2n) is 0.546. The molecule has 0 aromatic rings. The Bertz CT molecular complexity index is 54.7. The molecule has 0 fully saturated rings. The third-order valence-corrected chi connectivity index (χ3v) is 0.167. The first kappa shape index (κ1) is 9.30. The van der Waals surface area contributed by atoms with Crippen molar-refractivity contribution in [1.82, 2.24) is 0 Å². The van der Waals surface area contributed by atoms with Gasteiger partial charge in [0.15, 0.2) is 0 Å². The topological polar surface area (TPSA) is 52.5 Å². The van der Waals surface area contributed by atoms with Crippen LogP contribution in [0.5, 0.6) is 0 Å². The summed E-state index contributed by atoms with van der Waals surface area (Å²) in [4.78, 5) is 8.00. The Morgan fingerprint density at radius 2 is 1.57 bits per heavy atom. The van der Waals surface area contributed by atoms with Crippen LogP contribution < -0.4 is 0 Å². The van der Waals surface area contributed by atoms with Crippen molar-refractivity contribution >= 4 is 0 Å². The predicted octanol–water partition coefficient (Wildman–Crippen LogP) is 1.61. The van der Waals surface area contributed by atoms with E-state index in [1.54, 1.807) is 12.2 Å². The second kappa shape index (κ2) is 20.8. The zero-order valence-corrected chi connectivity index (χ0v) is 3.83. The summed E-state index contributed by atoms with van der Waals surface area (Å²) in [5.41, 5.74) is 0. The molecule has 3 nitrogen and oxygen atoms in total. The molecule has 0 radical (unpaired) electrons. The fourth-order valence-corrected chi connectivity index (χ4v) is 0. The van der Waals surface area contributed by atoms with E-state index >= 15 is 0 Å². The minimum absolute atomic E-state index is 1.00. The molecule has 0 amide bonds. The van der Waals surface area contributed by atoms with Crippen LogP contribution in [0.4, 0.5) is 0 Å². The van der Waals surface area contributed by atoms with Gasteiger partial charge in [-0.2, -0.15) is 0 Å². The van der Waals surface area contributed by atoms with Gasteiger partial charge in [0.1, 0.15) is 0 Å². The molecule has 0 heterocycles. The first-order valence-corrected chi connectivity index (χ1v) is 1.51. The molecule has 0 aromatic carbocycles. The quantitative estimate of drug-likeness (QED) is 0.285. The molecule has 0 aliphatic carbocycles. The van der Waals surface area contributed by atoms with Gasteiger partial charge in [-0.15, -0.1) is 5.34 Å². The summed E-state index contributed by atoms with van der Waals surface area (Å²) >= 11 is 0. The fourth-order valence-electron chi connectivity index (χ4n) is 0. The van der Waals surface area contributed by atoms with Gasteiger partial charge in [-0.1, -0.05) is 25.3 Å². The van der Waals surface area contributed by atoms with Crippen molar-refractivity contribution in [1.29, 1.82) is 0 Å². The van der Waals surface area contributed by atoms with Crippen molar-refractivity contribution in [3.63, 3.8) is 0 Å². The molecule has 40 valence electrons. The lowest BCUT2D eigenvalue weighted by atomic mass is 10.6. The highest BCUT2D eigenvalue weighted by Crippen LogP contribution is 1.52. The van der Waals surface area contributed by atoms with E-state index in [1.807, 2.05) is 0 Å². The van der Waals surface area contributed by atoms with Crippen LogP contribution in [0, 0.1) is 10.1 Å². The van der Waals surface area contributed by atoms with Crippen LogP contribution in [0.25, 0.3) is 0 Å². The summed E-state index contributed by atoms with van der Waals surface area (Å²) in [6.45, 7) is 6.72. The second-order valence-corrected chi connectivity index (χ2v) is 0.546. The van der Waals surface area contributed by atoms with Crippen LogP contribution in [-0.4, -0.2) is 0 Å². The molecule has 0 aromatic heterocycles. The predicted molar refractivity (Wildman–Crippen MR) is 29.6 cm³/mol. The van der Waals surface area contributed by atoms with Crippen LogP contribution in [0.3, 0.4) is 0 Å². The summed E-state index contributed by atoms with van der Waals surface area (Å²) in [6, 6.07) is 0. The zero-order chi connectivity index (χ0) is 6.12. The lowest BCUT2D eigenvalue weighted by Gasteiger charge is -1.51. The van der Waals surface area contributed by atoms with Crippen LogP contribution in [-0.2, 0) is 0 Å². The number of nitrogens with zero attached hydrogens (tertiary/aromatic N) is 1. The Balaban J connectivity index is 0. The fraction of sp³-hybridized carbons (Fsp3) is 0. The zero-order valence-electron chi connectivity index (χ0n) is 3.83. The molecule has 3 heteroatoms. The van der Waals surface area contributed by atoms with Crippen LogP contribution in [0.15, 0.2) is 30.7 Å². The highest BCUT2D eigenvalue weighted by molar-refractivity contribution is 4.88. The van der Waals surface area contributed by atoms with Gasteiger partial charge in [0.25, 0.3) is 0 Å². The van der Waals surface area contributed by atoms with E-state index in [1.165, 1.54) is 0 Å². The first-order valence-electron chi connectivity index (χ1n) is 1.51. The highest BCUT2D eigenvalue weighted by Gasteiger charge is 1.29. The van der Waals surface area contributed by atoms with Gasteiger partial charge in [0, 0.05) is 0 Å². The molecule has 0 saturated heterocycles. The normalized spacial score (nSPS) is 4.57. The van der Waals surface area contributed by atoms with Gasteiger partial charge >= 0.3 is 0 Å². The molecule has 0 aliphatic heterocycles. The Morgan fingerprint density at radius 1 is 1.43 bits per heavy atom. The molecule has 0 aliphatic rings. The third-order valence-electron chi connectivity index (χ3n) is 0.167. The standard InChI is InChI=1S/C4H6.HNO2/c1-3-4-2;2-1-3/h3-4H,1-2H2;(H,2,3)/p-1. The molecule has 0 atom stereocenters. The largest absolute Gasteiger partial charge is 0.444 e. The minimum Gasteiger partial charge on any atom is -0.444 e. The number of hydrogen-bond donors (Lipinski definition) is 0. The summed E-state index contributed by atoms with van der Waals surface area (Å²) in [7, 11) is 0. The van der Waals surface area contributed by atoms with Gasteiger partial charge in [-0.05, 0) is 0 Å². The van der Waals surface area contributed by atoms with Crippen molar-refractivity contribution in [2.45, 2.75) is 0 Å². The van der Waals surface area contributed by atoms with E-state index in [2.05, 4.69) is 13.2 Å². The third kappa shape index (κ3) is 2810. The van der Waals surface area contributed by atoms with E-state index < -0.39 is 0 Å². The summed E-state index contributed by atoms with van der Waals surface area (Å²) in [5.74, 6) is 0. The van der Waals surface area contributed by atoms with E-state index in [0.717, 1.165) is 5.34 Å². The Morgan fingerprint density at radius 3 is 1.57 bits per heavy atom. The monoisotopic (exact) mass is 100 g/mol. The average Bonchev–Trinajstić information content (AvgIpc) is 1.69. The maximum Gasteiger partial charge on any atom is -0.0701 e. The molecule has 0 saturated carbocycles. The van der Waals surface area contributed by atoms with Gasteiger partial charge < -0.3 is 10.1 Å². The maximum absolute atomic E-state index is 8.00. The number of hydrogen-bond acceptors (Lipinski definition) is 3.